The molecule has 0 aromatic carbocycles. The molecule has 3 aliphatic carbocycles. The molecule has 1 N–H and O–H groups in total. The number of carbonyl (C=O) groups is 1. The number of rotatable bonds is 2. The fraction of sp³-hybridized carbons (Fsp3) is 0.357. The van der Waals surface area contributed by atoms with E-state index in [9.17, 15) is 18.0 Å². The van der Waals surface area contributed by atoms with Crippen molar-refractivity contribution in [3.8, 4) is 0 Å². The van der Waals surface area contributed by atoms with E-state index in [1.54, 1.807) is 24.3 Å². The molecule has 0 aromatic rings. The van der Waals surface area contributed by atoms with Gasteiger partial charge in [0, 0.05) is 5.57 Å². The van der Waals surface area contributed by atoms with Crippen molar-refractivity contribution in [2.45, 2.75) is 31.0 Å². The SMILES string of the molecule is O=C(NC1(C(F)(F)F)CCC1)C1=C2C=CC=C2C=C1. The quantitative estimate of drug-likeness (QED) is 0.818. The minimum Gasteiger partial charge on any atom is -0.338 e. The van der Waals surface area contributed by atoms with E-state index in [1.165, 1.54) is 0 Å². The lowest BCUT2D eigenvalue weighted by molar-refractivity contribution is -0.218. The van der Waals surface area contributed by atoms with Gasteiger partial charge in [0.25, 0.3) is 5.91 Å². The number of nitrogens with one attached hydrogen (secondary N) is 1. The Bertz CT molecular complexity index is 560. The zero-order valence-corrected chi connectivity index (χ0v) is 10.1. The first kappa shape index (κ1) is 12.3. The largest absolute Gasteiger partial charge is 0.411 e. The molecule has 0 aliphatic heterocycles. The van der Waals surface area contributed by atoms with Crippen LogP contribution in [-0.4, -0.2) is 17.6 Å². The number of amides is 1. The summed E-state index contributed by atoms with van der Waals surface area (Å²) in [7, 11) is 0. The van der Waals surface area contributed by atoms with Crippen LogP contribution in [0.25, 0.3) is 0 Å². The van der Waals surface area contributed by atoms with E-state index in [0.29, 0.717) is 17.6 Å². The van der Waals surface area contributed by atoms with Crippen molar-refractivity contribution in [2.75, 3.05) is 0 Å². The first-order valence-electron chi connectivity index (χ1n) is 6.13. The van der Waals surface area contributed by atoms with Crippen molar-refractivity contribution in [3.63, 3.8) is 0 Å². The number of allylic oxidation sites excluding steroid dienone is 6. The van der Waals surface area contributed by atoms with E-state index in [1.807, 2.05) is 6.08 Å². The highest BCUT2D eigenvalue weighted by atomic mass is 19.4. The average Bonchev–Trinajstić information content (AvgIpc) is 2.81. The lowest BCUT2D eigenvalue weighted by Gasteiger charge is -2.43. The van der Waals surface area contributed by atoms with Crippen molar-refractivity contribution in [2.24, 2.45) is 0 Å². The summed E-state index contributed by atoms with van der Waals surface area (Å²) in [6.45, 7) is 0. The summed E-state index contributed by atoms with van der Waals surface area (Å²) in [4.78, 5) is 12.1. The van der Waals surface area contributed by atoms with Gasteiger partial charge in [0.05, 0.1) is 0 Å². The number of alkyl halides is 3. The third kappa shape index (κ3) is 1.76. The molecule has 3 aliphatic rings. The molecule has 3 rings (SSSR count). The zero-order valence-electron chi connectivity index (χ0n) is 10.1. The number of hydrogen-bond donors (Lipinski definition) is 1. The lowest BCUT2D eigenvalue weighted by atomic mass is 9.76. The Kier molecular flexibility index (Phi) is 2.49. The molecule has 1 saturated carbocycles. The highest BCUT2D eigenvalue weighted by Gasteiger charge is 2.59. The van der Waals surface area contributed by atoms with Crippen LogP contribution in [0.1, 0.15) is 19.3 Å². The van der Waals surface area contributed by atoms with Gasteiger partial charge in [-0.2, -0.15) is 13.2 Å². The molecule has 0 atom stereocenters. The van der Waals surface area contributed by atoms with E-state index < -0.39 is 17.6 Å². The van der Waals surface area contributed by atoms with Gasteiger partial charge in [0.15, 0.2) is 0 Å². The van der Waals surface area contributed by atoms with Gasteiger partial charge in [-0.25, -0.2) is 0 Å². The van der Waals surface area contributed by atoms with E-state index in [-0.39, 0.29) is 12.8 Å². The van der Waals surface area contributed by atoms with Gasteiger partial charge in [0.1, 0.15) is 5.54 Å². The second-order valence-electron chi connectivity index (χ2n) is 5.03. The Hall–Kier alpha value is -1.78. The van der Waals surface area contributed by atoms with Gasteiger partial charge in [-0.05, 0) is 36.5 Å². The van der Waals surface area contributed by atoms with Crippen LogP contribution in [0.3, 0.4) is 0 Å². The minimum absolute atomic E-state index is 0.0346. The van der Waals surface area contributed by atoms with E-state index in [4.69, 9.17) is 0 Å². The molecule has 0 heterocycles. The molecule has 0 radical (unpaired) electrons. The van der Waals surface area contributed by atoms with Crippen molar-refractivity contribution >= 4 is 5.91 Å². The molecule has 0 spiro atoms. The zero-order chi connectivity index (χ0) is 13.7. The summed E-state index contributed by atoms with van der Waals surface area (Å²) in [6, 6.07) is 0. The van der Waals surface area contributed by atoms with E-state index >= 15 is 0 Å². The summed E-state index contributed by atoms with van der Waals surface area (Å²) < 4.78 is 39.0. The van der Waals surface area contributed by atoms with Gasteiger partial charge in [-0.15, -0.1) is 0 Å². The summed E-state index contributed by atoms with van der Waals surface area (Å²) >= 11 is 0. The van der Waals surface area contributed by atoms with Gasteiger partial charge in [0.2, 0.25) is 0 Å². The maximum Gasteiger partial charge on any atom is 0.411 e. The molecule has 100 valence electrons. The van der Waals surface area contributed by atoms with Crippen molar-refractivity contribution in [1.82, 2.24) is 5.32 Å². The van der Waals surface area contributed by atoms with Crippen LogP contribution >= 0.6 is 0 Å². The van der Waals surface area contributed by atoms with E-state index in [2.05, 4.69) is 5.32 Å². The van der Waals surface area contributed by atoms with Crippen LogP contribution in [0.2, 0.25) is 0 Å². The molecule has 19 heavy (non-hydrogen) atoms. The van der Waals surface area contributed by atoms with Crippen molar-refractivity contribution in [3.05, 3.63) is 47.1 Å². The van der Waals surface area contributed by atoms with Crippen LogP contribution in [0.4, 0.5) is 13.2 Å². The first-order valence-corrected chi connectivity index (χ1v) is 6.13. The smallest absolute Gasteiger partial charge is 0.338 e. The molecule has 1 fully saturated rings. The second-order valence-corrected chi connectivity index (χ2v) is 5.03. The molecule has 0 aromatic heterocycles. The Morgan fingerprint density at radius 3 is 2.53 bits per heavy atom. The minimum atomic E-state index is -4.39. The van der Waals surface area contributed by atoms with Crippen LogP contribution in [0, 0.1) is 0 Å². The standard InChI is InChI=1S/C14H12F3NO/c15-14(16,17)13(7-2-8-13)18-12(19)11-6-5-9-3-1-4-10(9)11/h1,3-6H,2,7-8H2,(H,18,19). The first-order chi connectivity index (χ1) is 8.93. The molecule has 0 bridgehead atoms. The van der Waals surface area contributed by atoms with Crippen molar-refractivity contribution < 1.29 is 18.0 Å². The summed E-state index contributed by atoms with van der Waals surface area (Å²) in [6.07, 6.45) is 4.70. The predicted octanol–water partition coefficient (Wildman–Crippen LogP) is 2.95. The fourth-order valence-electron chi connectivity index (χ4n) is 2.58. The molecular formula is C14H12F3NO. The maximum atomic E-state index is 13.0. The predicted molar refractivity (Wildman–Crippen MR) is 64.2 cm³/mol. The lowest BCUT2D eigenvalue weighted by Crippen LogP contribution is -2.63. The molecule has 2 nitrogen and oxygen atoms in total. The van der Waals surface area contributed by atoms with E-state index in [0.717, 1.165) is 5.57 Å². The Balaban J connectivity index is 1.83. The van der Waals surface area contributed by atoms with Gasteiger partial charge >= 0.3 is 6.18 Å². The molecule has 1 amide bonds. The number of hydrogen-bond acceptors (Lipinski definition) is 1. The fourth-order valence-corrected chi connectivity index (χ4v) is 2.58. The molecule has 0 saturated heterocycles. The number of fused-ring (bicyclic) bond motifs is 1. The summed E-state index contributed by atoms with van der Waals surface area (Å²) in [5.41, 5.74) is -0.134. The Morgan fingerprint density at radius 2 is 1.95 bits per heavy atom. The molecule has 0 unspecified atom stereocenters. The number of carbonyl (C=O) groups excluding carboxylic acids is 1. The normalized spacial score (nSPS) is 23.2. The molecule has 5 heteroatoms. The van der Waals surface area contributed by atoms with Gasteiger partial charge < -0.3 is 5.32 Å². The van der Waals surface area contributed by atoms with Crippen LogP contribution < -0.4 is 5.32 Å². The molecular weight excluding hydrogens is 255 g/mol. The van der Waals surface area contributed by atoms with Crippen LogP contribution in [0.5, 0.6) is 0 Å². The number of halogens is 3. The van der Waals surface area contributed by atoms with Gasteiger partial charge in [-0.1, -0.05) is 24.3 Å². The highest BCUT2D eigenvalue weighted by molar-refractivity contribution is 6.01. The topological polar surface area (TPSA) is 29.1 Å². The monoisotopic (exact) mass is 267 g/mol. The highest BCUT2D eigenvalue weighted by Crippen LogP contribution is 2.45. The third-order valence-electron chi connectivity index (χ3n) is 3.92. The van der Waals surface area contributed by atoms with Crippen LogP contribution in [0.15, 0.2) is 47.1 Å². The summed E-state index contributed by atoms with van der Waals surface area (Å²) in [5.74, 6) is -0.641. The Morgan fingerprint density at radius 1 is 1.21 bits per heavy atom. The average molecular weight is 267 g/mol. The van der Waals surface area contributed by atoms with Crippen molar-refractivity contribution in [1.29, 1.82) is 0 Å². The Labute approximate surface area is 108 Å². The van der Waals surface area contributed by atoms with Crippen LogP contribution in [-0.2, 0) is 4.79 Å². The van der Waals surface area contributed by atoms with Gasteiger partial charge in [-0.3, -0.25) is 4.79 Å². The third-order valence-corrected chi connectivity index (χ3v) is 3.92. The maximum absolute atomic E-state index is 13.0. The summed E-state index contributed by atoms with van der Waals surface area (Å²) in [5, 5.41) is 2.19. The second kappa shape index (κ2) is 3.85.